The Kier molecular flexibility index (Phi) is 6.26. The van der Waals surface area contributed by atoms with Gasteiger partial charge in [-0.15, -0.1) is 23.1 Å². The van der Waals surface area contributed by atoms with Crippen LogP contribution < -0.4 is 5.32 Å². The molecule has 0 unspecified atom stereocenters. The molecule has 0 aliphatic heterocycles. The van der Waals surface area contributed by atoms with E-state index in [9.17, 15) is 0 Å². The molecular formula is C15H24N4S2. The smallest absolute Gasteiger partial charge is 0.225 e. The second kappa shape index (κ2) is 7.96. The number of nitrogens with zero attached hydrogens (tertiary/aromatic N) is 3. The first kappa shape index (κ1) is 16.5. The maximum atomic E-state index is 4.71. The zero-order valence-corrected chi connectivity index (χ0v) is 14.9. The zero-order chi connectivity index (χ0) is 15.2. The van der Waals surface area contributed by atoms with Crippen molar-refractivity contribution < 1.29 is 0 Å². The van der Waals surface area contributed by atoms with E-state index in [-0.39, 0.29) is 0 Å². The fourth-order valence-electron chi connectivity index (χ4n) is 1.87. The van der Waals surface area contributed by atoms with Crippen molar-refractivity contribution in [3.05, 3.63) is 10.9 Å². The summed E-state index contributed by atoms with van der Waals surface area (Å²) < 4.78 is 0. The molecule has 0 aromatic carbocycles. The van der Waals surface area contributed by atoms with Crippen LogP contribution in [0.4, 0.5) is 5.95 Å². The van der Waals surface area contributed by atoms with Gasteiger partial charge in [-0.3, -0.25) is 0 Å². The normalized spacial score (nSPS) is 11.5. The fraction of sp³-hybridized carbons (Fsp3) is 0.600. The Morgan fingerprint density at radius 1 is 1.29 bits per heavy atom. The molecule has 0 spiro atoms. The van der Waals surface area contributed by atoms with E-state index < -0.39 is 0 Å². The summed E-state index contributed by atoms with van der Waals surface area (Å²) in [4.78, 5) is 14.1. The Labute approximate surface area is 135 Å². The molecule has 2 aromatic heterocycles. The molecule has 0 saturated heterocycles. The summed E-state index contributed by atoms with van der Waals surface area (Å²) >= 11 is 3.61. The molecule has 2 rings (SSSR count). The minimum atomic E-state index is 0.765. The number of hydrogen-bond donors (Lipinski definition) is 1. The number of thioether (sulfide) groups is 1. The van der Waals surface area contributed by atoms with Gasteiger partial charge in [0.1, 0.15) is 9.86 Å². The van der Waals surface area contributed by atoms with Gasteiger partial charge >= 0.3 is 0 Å². The first-order valence-electron chi connectivity index (χ1n) is 7.45. The monoisotopic (exact) mass is 324 g/mol. The van der Waals surface area contributed by atoms with E-state index >= 15 is 0 Å². The fourth-order valence-corrected chi connectivity index (χ4v) is 4.01. The highest BCUT2D eigenvalue weighted by Crippen LogP contribution is 2.32. The highest BCUT2D eigenvalue weighted by Gasteiger charge is 2.11. The lowest BCUT2D eigenvalue weighted by molar-refractivity contribution is 0.437. The molecule has 0 fully saturated rings. The van der Waals surface area contributed by atoms with Crippen LogP contribution in [-0.2, 0) is 6.42 Å². The topological polar surface area (TPSA) is 41.1 Å². The summed E-state index contributed by atoms with van der Waals surface area (Å²) in [5.41, 5.74) is 0. The average Bonchev–Trinajstić information content (AvgIpc) is 2.88. The quantitative estimate of drug-likeness (QED) is 0.592. The van der Waals surface area contributed by atoms with E-state index in [1.54, 1.807) is 11.3 Å². The predicted octanol–water partition coefficient (Wildman–Crippen LogP) is 3.73. The van der Waals surface area contributed by atoms with Gasteiger partial charge in [-0.2, -0.15) is 0 Å². The van der Waals surface area contributed by atoms with Crippen LogP contribution in [0, 0.1) is 0 Å². The maximum Gasteiger partial charge on any atom is 0.225 e. The van der Waals surface area contributed by atoms with Crippen LogP contribution in [0.3, 0.4) is 0 Å². The van der Waals surface area contributed by atoms with Gasteiger partial charge in [0, 0.05) is 29.1 Å². The van der Waals surface area contributed by atoms with Gasteiger partial charge in [0.25, 0.3) is 0 Å². The summed E-state index contributed by atoms with van der Waals surface area (Å²) in [5, 5.41) is 5.63. The maximum absolute atomic E-state index is 4.71. The molecule has 0 aliphatic rings. The number of nitrogens with one attached hydrogen (secondary N) is 1. The Morgan fingerprint density at radius 2 is 2.10 bits per heavy atom. The number of rotatable bonds is 8. The molecule has 2 heterocycles. The first-order chi connectivity index (χ1) is 10.1. The third-order valence-electron chi connectivity index (χ3n) is 3.07. The SMILES string of the molecule is CCCNc1nc(SCCN(C)C)c2cc(CC)sc2n1. The molecular weight excluding hydrogens is 300 g/mol. The van der Waals surface area contributed by atoms with E-state index in [4.69, 9.17) is 4.98 Å². The standard InChI is InChI=1S/C15H24N4S2/c1-5-7-16-15-17-13(20-9-8-19(3)4)12-10-11(6-2)21-14(12)18-15/h10H,5-9H2,1-4H3,(H,16,17,18). The van der Waals surface area contributed by atoms with Gasteiger partial charge in [-0.25, -0.2) is 9.97 Å². The van der Waals surface area contributed by atoms with Crippen LogP contribution in [0.2, 0.25) is 0 Å². The molecule has 0 bridgehead atoms. The van der Waals surface area contributed by atoms with E-state index in [0.29, 0.717) is 0 Å². The zero-order valence-electron chi connectivity index (χ0n) is 13.3. The molecule has 4 nitrogen and oxygen atoms in total. The lowest BCUT2D eigenvalue weighted by Gasteiger charge is -2.10. The van der Waals surface area contributed by atoms with Crippen molar-refractivity contribution in [3.8, 4) is 0 Å². The largest absolute Gasteiger partial charge is 0.354 e. The molecule has 0 saturated carbocycles. The van der Waals surface area contributed by atoms with Crippen LogP contribution in [0.25, 0.3) is 10.2 Å². The van der Waals surface area contributed by atoms with Crippen LogP contribution >= 0.6 is 23.1 Å². The molecule has 116 valence electrons. The summed E-state index contributed by atoms with van der Waals surface area (Å²) in [6.45, 7) is 6.31. The van der Waals surface area contributed by atoms with E-state index in [2.05, 4.69) is 49.2 Å². The predicted molar refractivity (Wildman–Crippen MR) is 94.9 cm³/mol. The van der Waals surface area contributed by atoms with Gasteiger partial charge in [0.05, 0.1) is 0 Å². The number of thiophene rings is 1. The number of hydrogen-bond acceptors (Lipinski definition) is 6. The minimum Gasteiger partial charge on any atom is -0.354 e. The number of anilines is 1. The van der Waals surface area contributed by atoms with Crippen LogP contribution in [-0.4, -0.2) is 47.8 Å². The second-order valence-corrected chi connectivity index (χ2v) is 7.41. The van der Waals surface area contributed by atoms with Gasteiger partial charge in [-0.05, 0) is 33.0 Å². The highest BCUT2D eigenvalue weighted by atomic mass is 32.2. The van der Waals surface area contributed by atoms with Gasteiger partial charge in [0.15, 0.2) is 0 Å². The lowest BCUT2D eigenvalue weighted by atomic mass is 10.3. The summed E-state index contributed by atoms with van der Waals surface area (Å²) in [6, 6.07) is 2.25. The Bertz CT molecular complexity index is 580. The number of aromatic nitrogens is 2. The molecule has 2 aromatic rings. The third kappa shape index (κ3) is 4.56. The van der Waals surface area contributed by atoms with Crippen molar-refractivity contribution in [2.75, 3.05) is 38.3 Å². The van der Waals surface area contributed by atoms with Crippen LogP contribution in [0.15, 0.2) is 11.1 Å². The summed E-state index contributed by atoms with van der Waals surface area (Å²) in [7, 11) is 4.20. The van der Waals surface area contributed by atoms with Crippen molar-refractivity contribution in [3.63, 3.8) is 0 Å². The minimum absolute atomic E-state index is 0.765. The van der Waals surface area contributed by atoms with Crippen LogP contribution in [0.5, 0.6) is 0 Å². The van der Waals surface area contributed by atoms with Crippen molar-refractivity contribution >= 4 is 39.3 Å². The molecule has 1 N–H and O–H groups in total. The van der Waals surface area contributed by atoms with Gasteiger partial charge in [-0.1, -0.05) is 13.8 Å². The van der Waals surface area contributed by atoms with Gasteiger partial charge in [0.2, 0.25) is 5.95 Å². The van der Waals surface area contributed by atoms with Crippen LogP contribution in [0.1, 0.15) is 25.1 Å². The average molecular weight is 325 g/mol. The molecule has 0 amide bonds. The second-order valence-electron chi connectivity index (χ2n) is 5.22. The first-order valence-corrected chi connectivity index (χ1v) is 9.26. The Hall–Kier alpha value is -0.850. The van der Waals surface area contributed by atoms with E-state index in [0.717, 1.165) is 47.5 Å². The van der Waals surface area contributed by atoms with Gasteiger partial charge < -0.3 is 10.2 Å². The molecule has 6 heteroatoms. The molecule has 0 radical (unpaired) electrons. The molecule has 0 aliphatic carbocycles. The van der Waals surface area contributed by atoms with Crippen molar-refractivity contribution in [1.82, 2.24) is 14.9 Å². The van der Waals surface area contributed by atoms with Crippen molar-refractivity contribution in [2.45, 2.75) is 31.7 Å². The summed E-state index contributed by atoms with van der Waals surface area (Å²) in [5.74, 6) is 1.81. The van der Waals surface area contributed by atoms with Crippen molar-refractivity contribution in [1.29, 1.82) is 0 Å². The lowest BCUT2D eigenvalue weighted by Crippen LogP contribution is -2.15. The van der Waals surface area contributed by atoms with E-state index in [1.165, 1.54) is 10.3 Å². The number of fused-ring (bicyclic) bond motifs is 1. The molecule has 0 atom stereocenters. The highest BCUT2D eigenvalue weighted by molar-refractivity contribution is 7.99. The summed E-state index contributed by atoms with van der Waals surface area (Å²) in [6.07, 6.45) is 2.13. The van der Waals surface area contributed by atoms with E-state index in [1.807, 2.05) is 11.8 Å². The molecule has 21 heavy (non-hydrogen) atoms. The third-order valence-corrected chi connectivity index (χ3v) is 5.21. The number of aryl methyl sites for hydroxylation is 1. The Morgan fingerprint density at radius 3 is 2.76 bits per heavy atom. The van der Waals surface area contributed by atoms with Crippen molar-refractivity contribution in [2.24, 2.45) is 0 Å². The Balaban J connectivity index is 2.27.